The minimum atomic E-state index is -3.67. The summed E-state index contributed by atoms with van der Waals surface area (Å²) in [6.45, 7) is 2.01. The Bertz CT molecular complexity index is 1100. The molecule has 1 aromatic carbocycles. The topological polar surface area (TPSA) is 79.4 Å². The standard InChI is InChI=1S/C17H16ClN3O3S3/c1-10-4-7-15(26-10)14-9-25-17(19-14)20-16(22)12-8-11(5-6-13(12)18)27(23,24)21(2)3/h4-9H,1-3H3,(H,19,20,22). The molecule has 10 heteroatoms. The van der Waals surface area contributed by atoms with Crippen LogP contribution in [0.5, 0.6) is 0 Å². The van der Waals surface area contributed by atoms with Crippen molar-refractivity contribution in [2.45, 2.75) is 11.8 Å². The molecular formula is C17H16ClN3O3S3. The molecule has 6 nitrogen and oxygen atoms in total. The first-order valence-corrected chi connectivity index (χ1v) is 11.3. The molecule has 0 aliphatic carbocycles. The van der Waals surface area contributed by atoms with Crippen LogP contribution in [0.1, 0.15) is 15.2 Å². The molecule has 27 heavy (non-hydrogen) atoms. The predicted molar refractivity (Wildman–Crippen MR) is 110 cm³/mol. The molecule has 0 aliphatic heterocycles. The molecule has 0 spiro atoms. The summed E-state index contributed by atoms with van der Waals surface area (Å²) in [6, 6.07) is 8.02. The van der Waals surface area contributed by atoms with Crippen LogP contribution in [0.4, 0.5) is 5.13 Å². The number of hydrogen-bond donors (Lipinski definition) is 1. The summed E-state index contributed by atoms with van der Waals surface area (Å²) in [4.78, 5) is 19.2. The van der Waals surface area contributed by atoms with Crippen molar-refractivity contribution >= 4 is 55.3 Å². The van der Waals surface area contributed by atoms with Crippen LogP contribution >= 0.6 is 34.3 Å². The summed E-state index contributed by atoms with van der Waals surface area (Å²) in [5.74, 6) is -0.515. The van der Waals surface area contributed by atoms with Crippen molar-refractivity contribution in [2.24, 2.45) is 0 Å². The van der Waals surface area contributed by atoms with Crippen LogP contribution in [0.3, 0.4) is 0 Å². The lowest BCUT2D eigenvalue weighted by Crippen LogP contribution is -2.23. The van der Waals surface area contributed by atoms with Crippen molar-refractivity contribution in [1.82, 2.24) is 9.29 Å². The van der Waals surface area contributed by atoms with Crippen molar-refractivity contribution in [3.8, 4) is 10.6 Å². The van der Waals surface area contributed by atoms with E-state index in [0.29, 0.717) is 5.13 Å². The van der Waals surface area contributed by atoms with E-state index in [9.17, 15) is 13.2 Å². The van der Waals surface area contributed by atoms with Gasteiger partial charge in [-0.2, -0.15) is 0 Å². The van der Waals surface area contributed by atoms with E-state index in [2.05, 4.69) is 10.3 Å². The second-order valence-corrected chi connectivity index (χ2v) is 10.5. The number of carbonyl (C=O) groups is 1. The van der Waals surface area contributed by atoms with Crippen LogP contribution < -0.4 is 5.32 Å². The lowest BCUT2D eigenvalue weighted by molar-refractivity contribution is 0.102. The molecule has 1 amide bonds. The van der Waals surface area contributed by atoms with Gasteiger partial charge in [-0.15, -0.1) is 22.7 Å². The zero-order chi connectivity index (χ0) is 19.8. The molecule has 0 saturated carbocycles. The Balaban J connectivity index is 1.85. The highest BCUT2D eigenvalue weighted by Crippen LogP contribution is 2.31. The van der Waals surface area contributed by atoms with Gasteiger partial charge in [0, 0.05) is 24.4 Å². The number of thiazole rings is 1. The highest BCUT2D eigenvalue weighted by Gasteiger charge is 2.21. The van der Waals surface area contributed by atoms with E-state index in [4.69, 9.17) is 11.6 Å². The highest BCUT2D eigenvalue weighted by atomic mass is 35.5. The molecule has 3 aromatic rings. The third kappa shape index (κ3) is 4.22. The number of hydrogen-bond acceptors (Lipinski definition) is 6. The summed E-state index contributed by atoms with van der Waals surface area (Å²) < 4.78 is 25.6. The van der Waals surface area contributed by atoms with Gasteiger partial charge in [-0.1, -0.05) is 11.6 Å². The molecule has 142 valence electrons. The maximum Gasteiger partial charge on any atom is 0.259 e. The molecule has 2 aromatic heterocycles. The zero-order valence-corrected chi connectivity index (χ0v) is 17.9. The molecular weight excluding hydrogens is 426 g/mol. The average molecular weight is 442 g/mol. The van der Waals surface area contributed by atoms with Crippen molar-refractivity contribution in [1.29, 1.82) is 0 Å². The second-order valence-electron chi connectivity index (χ2n) is 5.83. The predicted octanol–water partition coefficient (Wildman–Crippen LogP) is 4.34. The second kappa shape index (κ2) is 7.69. The number of anilines is 1. The number of amides is 1. The monoisotopic (exact) mass is 441 g/mol. The third-order valence-electron chi connectivity index (χ3n) is 3.68. The Morgan fingerprint density at radius 1 is 1.22 bits per heavy atom. The van der Waals surface area contributed by atoms with Gasteiger partial charge in [0.15, 0.2) is 5.13 Å². The number of aromatic nitrogens is 1. The normalized spacial score (nSPS) is 11.7. The molecule has 0 atom stereocenters. The third-order valence-corrected chi connectivity index (χ3v) is 7.60. The Kier molecular flexibility index (Phi) is 5.68. The molecule has 0 radical (unpaired) electrons. The molecule has 0 unspecified atom stereocenters. The summed E-state index contributed by atoms with van der Waals surface area (Å²) >= 11 is 9.02. The van der Waals surface area contributed by atoms with Gasteiger partial charge in [-0.05, 0) is 37.3 Å². The quantitative estimate of drug-likeness (QED) is 0.638. The Morgan fingerprint density at radius 2 is 1.96 bits per heavy atom. The maximum atomic E-state index is 12.6. The van der Waals surface area contributed by atoms with Crippen LogP contribution in [-0.4, -0.2) is 37.7 Å². The van der Waals surface area contributed by atoms with E-state index in [-0.39, 0.29) is 15.5 Å². The zero-order valence-electron chi connectivity index (χ0n) is 14.7. The minimum Gasteiger partial charge on any atom is -0.298 e. The van der Waals surface area contributed by atoms with Gasteiger partial charge in [0.1, 0.15) is 0 Å². The lowest BCUT2D eigenvalue weighted by atomic mass is 10.2. The van der Waals surface area contributed by atoms with Crippen molar-refractivity contribution < 1.29 is 13.2 Å². The van der Waals surface area contributed by atoms with Gasteiger partial charge in [-0.25, -0.2) is 17.7 Å². The van der Waals surface area contributed by atoms with Gasteiger partial charge in [-0.3, -0.25) is 10.1 Å². The van der Waals surface area contributed by atoms with Crippen molar-refractivity contribution in [3.63, 3.8) is 0 Å². The molecule has 2 heterocycles. The highest BCUT2D eigenvalue weighted by molar-refractivity contribution is 7.89. The minimum absolute atomic E-state index is 0.00376. The number of rotatable bonds is 5. The fourth-order valence-electron chi connectivity index (χ4n) is 2.23. The van der Waals surface area contributed by atoms with Crippen LogP contribution in [0.2, 0.25) is 5.02 Å². The number of benzene rings is 1. The first-order chi connectivity index (χ1) is 12.7. The Labute approximate surface area is 170 Å². The number of nitrogens with zero attached hydrogens (tertiary/aromatic N) is 2. The van der Waals surface area contributed by atoms with Crippen LogP contribution in [0.15, 0.2) is 40.6 Å². The van der Waals surface area contributed by atoms with Gasteiger partial charge in [0.05, 0.1) is 26.1 Å². The fraction of sp³-hybridized carbons (Fsp3) is 0.176. The van der Waals surface area contributed by atoms with Gasteiger partial charge < -0.3 is 0 Å². The van der Waals surface area contributed by atoms with E-state index >= 15 is 0 Å². The van der Waals surface area contributed by atoms with E-state index in [1.54, 1.807) is 11.3 Å². The first-order valence-electron chi connectivity index (χ1n) is 7.74. The van der Waals surface area contributed by atoms with Crippen LogP contribution in [-0.2, 0) is 10.0 Å². The number of aryl methyl sites for hydroxylation is 1. The van der Waals surface area contributed by atoms with Crippen LogP contribution in [0, 0.1) is 6.92 Å². The smallest absolute Gasteiger partial charge is 0.259 e. The Hall–Kier alpha value is -1.78. The van der Waals surface area contributed by atoms with E-state index in [1.807, 2.05) is 24.4 Å². The molecule has 0 saturated heterocycles. The van der Waals surface area contributed by atoms with Gasteiger partial charge in [0.25, 0.3) is 5.91 Å². The van der Waals surface area contributed by atoms with E-state index in [1.165, 1.54) is 48.5 Å². The summed E-state index contributed by atoms with van der Waals surface area (Å²) in [5.41, 5.74) is 0.853. The number of sulfonamides is 1. The summed E-state index contributed by atoms with van der Waals surface area (Å²) in [5, 5.41) is 5.12. The number of halogens is 1. The van der Waals surface area contributed by atoms with Gasteiger partial charge >= 0.3 is 0 Å². The number of carbonyl (C=O) groups excluding carboxylic acids is 1. The fourth-order valence-corrected chi connectivity index (χ4v) is 4.97. The molecule has 3 rings (SSSR count). The SMILES string of the molecule is Cc1ccc(-c2csc(NC(=O)c3cc(S(=O)(=O)N(C)C)ccc3Cl)n2)s1. The van der Waals surface area contributed by atoms with Crippen molar-refractivity contribution in [2.75, 3.05) is 19.4 Å². The number of nitrogens with one attached hydrogen (secondary N) is 1. The van der Waals surface area contributed by atoms with Crippen molar-refractivity contribution in [3.05, 3.63) is 51.2 Å². The Morgan fingerprint density at radius 3 is 2.59 bits per heavy atom. The number of thiophene rings is 1. The van der Waals surface area contributed by atoms with Gasteiger partial charge in [0.2, 0.25) is 10.0 Å². The molecule has 0 fully saturated rings. The maximum absolute atomic E-state index is 12.6. The largest absolute Gasteiger partial charge is 0.298 e. The molecule has 1 N–H and O–H groups in total. The molecule has 0 aliphatic rings. The van der Waals surface area contributed by atoms with E-state index in [0.717, 1.165) is 14.9 Å². The van der Waals surface area contributed by atoms with E-state index < -0.39 is 15.9 Å². The lowest BCUT2D eigenvalue weighted by Gasteiger charge is -2.13. The first kappa shape index (κ1) is 20.0. The summed E-state index contributed by atoms with van der Waals surface area (Å²) in [6.07, 6.45) is 0. The average Bonchev–Trinajstić information content (AvgIpc) is 3.23. The van der Waals surface area contributed by atoms with Crippen LogP contribution in [0.25, 0.3) is 10.6 Å². The molecule has 0 bridgehead atoms. The summed E-state index contributed by atoms with van der Waals surface area (Å²) in [7, 11) is -0.822.